The van der Waals surface area contributed by atoms with Gasteiger partial charge in [-0.15, -0.1) is 6.58 Å². The number of halogens is 1. The molecule has 17 nitrogen and oxygen atoms in total. The van der Waals surface area contributed by atoms with Gasteiger partial charge in [0.2, 0.25) is 11.9 Å². The zero-order chi connectivity index (χ0) is 44.3. The number of carbonyl (C=O) groups is 2. The van der Waals surface area contributed by atoms with Crippen molar-refractivity contribution in [1.82, 2.24) is 44.3 Å². The summed E-state index contributed by atoms with van der Waals surface area (Å²) in [7, 11) is 1.78. The molecule has 10 rings (SSSR count). The van der Waals surface area contributed by atoms with Crippen molar-refractivity contribution >= 4 is 62.7 Å². The molecule has 1 unspecified atom stereocenters. The van der Waals surface area contributed by atoms with Gasteiger partial charge in [0, 0.05) is 88.8 Å². The monoisotopic (exact) mass is 869 g/mol. The lowest BCUT2D eigenvalue weighted by Crippen LogP contribution is -2.49. The molecule has 3 N–H and O–H groups in total. The molecule has 18 heteroatoms. The molecule has 3 saturated heterocycles. The minimum atomic E-state index is -1.00. The van der Waals surface area contributed by atoms with Gasteiger partial charge in [-0.1, -0.05) is 19.1 Å². The van der Waals surface area contributed by atoms with E-state index in [2.05, 4.69) is 54.1 Å². The number of nitrogens with zero attached hydrogens (tertiary/aromatic N) is 11. The van der Waals surface area contributed by atoms with E-state index >= 15 is 4.39 Å². The van der Waals surface area contributed by atoms with Crippen molar-refractivity contribution in [3.05, 3.63) is 94.8 Å². The van der Waals surface area contributed by atoms with Crippen LogP contribution in [0.5, 0.6) is 0 Å². The predicted molar refractivity (Wildman–Crippen MR) is 243 cm³/mol. The van der Waals surface area contributed by atoms with Crippen LogP contribution >= 0.6 is 0 Å². The maximum absolute atomic E-state index is 15.7. The number of piperazine rings is 1. The number of hydrogen-bond donors (Lipinski definition) is 3. The van der Waals surface area contributed by atoms with E-state index in [1.54, 1.807) is 33.4 Å². The number of urea groups is 1. The fourth-order valence-electron chi connectivity index (χ4n) is 9.86. The molecule has 0 radical (unpaired) electrons. The Labute approximate surface area is 368 Å². The number of rotatable bonds is 11. The van der Waals surface area contributed by atoms with Gasteiger partial charge in [0.25, 0.3) is 5.56 Å². The number of allylic oxidation sites excluding steroid dienone is 1. The fourth-order valence-corrected chi connectivity index (χ4v) is 9.86. The number of nitrogens with one attached hydrogen (secondary N) is 2. The van der Waals surface area contributed by atoms with Crippen molar-refractivity contribution in [3.63, 3.8) is 0 Å². The first-order chi connectivity index (χ1) is 31.0. The van der Waals surface area contributed by atoms with E-state index in [4.69, 9.17) is 9.97 Å². The second-order valence-electron chi connectivity index (χ2n) is 17.4. The summed E-state index contributed by atoms with van der Waals surface area (Å²) in [6, 6.07) is 14.8. The molecule has 3 aliphatic heterocycles. The lowest BCUT2D eigenvalue weighted by Gasteiger charge is -2.40. The Morgan fingerprint density at radius 3 is 2.47 bits per heavy atom. The summed E-state index contributed by atoms with van der Waals surface area (Å²) in [5, 5.41) is 22.3. The van der Waals surface area contributed by atoms with Crippen LogP contribution in [0.1, 0.15) is 50.3 Å². The van der Waals surface area contributed by atoms with Crippen LogP contribution < -0.4 is 30.9 Å². The molecule has 3 fully saturated rings. The molecular formula is C46H52FN13O4. The van der Waals surface area contributed by atoms with E-state index in [1.165, 1.54) is 11.0 Å². The average molecular weight is 870 g/mol. The number of hydrogen-bond acceptors (Lipinski definition) is 12. The number of pyridine rings is 1. The summed E-state index contributed by atoms with van der Waals surface area (Å²) in [6.45, 7) is 12.5. The highest BCUT2D eigenvalue weighted by Crippen LogP contribution is 2.39. The van der Waals surface area contributed by atoms with Gasteiger partial charge in [0.15, 0.2) is 17.3 Å². The topological polar surface area (TPSA) is 175 Å². The van der Waals surface area contributed by atoms with Crippen LogP contribution in [-0.4, -0.2) is 108 Å². The standard InChI is InChI=1S/C46H52FN13O4/c1-4-17-59-43(62)34-27-48-44(52-41(34)60(59)38-11-6-30-12-16-46(64,5-2)40(30)50-38)49-31-7-9-32(10-8-31)56-23-21-55(22-24-56)28-29-13-18-57(19-14-29)37-26-36-33(25-35(37)47)42(53-54(36)3)58-20-15-39(61)51-45(58)63/h4,6-11,25-27,29,64H,1,5,12-24,28H2,2-3H3,(H,48,49,52)(H,51,61,63). The van der Waals surface area contributed by atoms with Gasteiger partial charge in [-0.25, -0.2) is 28.5 Å². The summed E-state index contributed by atoms with van der Waals surface area (Å²) in [6.07, 6.45) is 7.22. The van der Waals surface area contributed by atoms with Crippen LogP contribution in [0.4, 0.5) is 38.0 Å². The third-order valence-corrected chi connectivity index (χ3v) is 13.5. The van der Waals surface area contributed by atoms with E-state index < -0.39 is 11.6 Å². The second kappa shape index (κ2) is 16.5. The van der Waals surface area contributed by atoms with E-state index in [-0.39, 0.29) is 36.8 Å². The normalized spacial score (nSPS) is 19.8. The number of aliphatic hydroxyl groups is 1. The number of anilines is 5. The van der Waals surface area contributed by atoms with Crippen molar-refractivity contribution in [3.8, 4) is 5.82 Å². The molecule has 3 amide bonds. The van der Waals surface area contributed by atoms with Crippen molar-refractivity contribution < 1.29 is 19.1 Å². The van der Waals surface area contributed by atoms with Gasteiger partial charge in [0.1, 0.15) is 16.8 Å². The van der Waals surface area contributed by atoms with Crippen LogP contribution in [0.3, 0.4) is 0 Å². The number of amides is 3. The first-order valence-electron chi connectivity index (χ1n) is 22.2. The summed E-state index contributed by atoms with van der Waals surface area (Å²) in [5.74, 6) is 1.04. The van der Waals surface area contributed by atoms with Crippen molar-refractivity contribution in [2.75, 3.05) is 72.4 Å². The van der Waals surface area contributed by atoms with E-state index in [1.807, 2.05) is 37.3 Å². The minimum absolute atomic E-state index is 0.169. The van der Waals surface area contributed by atoms with Crippen LogP contribution in [0, 0.1) is 11.7 Å². The molecule has 332 valence electrons. The van der Waals surface area contributed by atoms with E-state index in [9.17, 15) is 19.5 Å². The predicted octanol–water partition coefficient (Wildman–Crippen LogP) is 4.96. The molecular weight excluding hydrogens is 818 g/mol. The number of aromatic nitrogens is 7. The number of carbonyl (C=O) groups excluding carboxylic acids is 2. The zero-order valence-corrected chi connectivity index (χ0v) is 36.1. The zero-order valence-electron chi connectivity index (χ0n) is 36.1. The lowest BCUT2D eigenvalue weighted by atomic mass is 9.95. The maximum atomic E-state index is 15.7. The number of imide groups is 1. The molecule has 0 bridgehead atoms. The molecule has 4 aromatic heterocycles. The molecule has 4 aliphatic rings. The molecule has 2 aromatic carbocycles. The van der Waals surface area contributed by atoms with Crippen LogP contribution in [0.2, 0.25) is 0 Å². The highest BCUT2D eigenvalue weighted by Gasteiger charge is 2.37. The Kier molecular flexibility index (Phi) is 10.6. The molecule has 0 saturated carbocycles. The highest BCUT2D eigenvalue weighted by atomic mass is 19.1. The average Bonchev–Trinajstić information content (AvgIpc) is 3.91. The first-order valence-corrected chi connectivity index (χ1v) is 22.2. The molecule has 0 spiro atoms. The Balaban J connectivity index is 0.750. The van der Waals surface area contributed by atoms with Crippen LogP contribution in [0.25, 0.3) is 27.8 Å². The Hall–Kier alpha value is -6.66. The molecule has 7 heterocycles. The first kappa shape index (κ1) is 41.4. The molecule has 1 atom stereocenters. The Morgan fingerprint density at radius 2 is 1.73 bits per heavy atom. The van der Waals surface area contributed by atoms with Gasteiger partial charge in [-0.3, -0.25) is 29.4 Å². The van der Waals surface area contributed by atoms with E-state index in [0.29, 0.717) is 64.1 Å². The number of piperidine rings is 1. The van der Waals surface area contributed by atoms with Gasteiger partial charge in [-0.2, -0.15) is 10.1 Å². The highest BCUT2D eigenvalue weighted by molar-refractivity contribution is 6.09. The van der Waals surface area contributed by atoms with Gasteiger partial charge >= 0.3 is 6.03 Å². The largest absolute Gasteiger partial charge is 0.384 e. The lowest BCUT2D eigenvalue weighted by molar-refractivity contribution is -0.120. The second-order valence-corrected chi connectivity index (χ2v) is 17.4. The van der Waals surface area contributed by atoms with Crippen LogP contribution in [0.15, 0.2) is 72.2 Å². The minimum Gasteiger partial charge on any atom is -0.384 e. The summed E-state index contributed by atoms with van der Waals surface area (Å²) >= 11 is 0. The van der Waals surface area contributed by atoms with E-state index in [0.717, 1.165) is 87.5 Å². The summed E-state index contributed by atoms with van der Waals surface area (Å²) in [4.78, 5) is 60.4. The van der Waals surface area contributed by atoms with Crippen molar-refractivity contribution in [2.24, 2.45) is 13.0 Å². The number of benzene rings is 2. The van der Waals surface area contributed by atoms with Crippen LogP contribution in [-0.2, 0) is 30.4 Å². The van der Waals surface area contributed by atoms with Crippen molar-refractivity contribution in [2.45, 2.75) is 57.6 Å². The summed E-state index contributed by atoms with van der Waals surface area (Å²) < 4.78 is 20.6. The molecule has 6 aromatic rings. The van der Waals surface area contributed by atoms with Crippen molar-refractivity contribution in [1.29, 1.82) is 0 Å². The quantitative estimate of drug-likeness (QED) is 0.150. The molecule has 64 heavy (non-hydrogen) atoms. The maximum Gasteiger partial charge on any atom is 0.329 e. The fraction of sp³-hybridized carbons (Fsp3) is 0.413. The number of aryl methyl sites for hydroxylation is 2. The third kappa shape index (κ3) is 7.43. The molecule has 1 aliphatic carbocycles. The SMILES string of the molecule is C=CCn1c(=O)c2cnc(Nc3ccc(N4CCN(CC5CCN(c6cc7c(cc6F)c(N6CCC(=O)NC6=O)nn7C)CC5)CC4)cc3)nc2n1-c1ccc2c(n1)C(O)(CC)CC2. The smallest absolute Gasteiger partial charge is 0.329 e. The van der Waals surface area contributed by atoms with Gasteiger partial charge in [0.05, 0.1) is 23.4 Å². The van der Waals surface area contributed by atoms with Gasteiger partial charge < -0.3 is 20.2 Å². The Bertz CT molecular complexity index is 2860. The number of fused-ring (bicyclic) bond motifs is 3. The third-order valence-electron chi connectivity index (χ3n) is 13.5. The Morgan fingerprint density at radius 1 is 0.953 bits per heavy atom. The summed E-state index contributed by atoms with van der Waals surface area (Å²) in [5.41, 5.74) is 4.04. The van der Waals surface area contributed by atoms with Gasteiger partial charge in [-0.05, 0) is 86.1 Å².